The van der Waals surface area contributed by atoms with Crippen LogP contribution in [0.1, 0.15) is 44.6 Å². The minimum Gasteiger partial charge on any atom is -0.493 e. The number of anilines is 1. The van der Waals surface area contributed by atoms with Crippen molar-refractivity contribution < 1.29 is 24.1 Å². The summed E-state index contributed by atoms with van der Waals surface area (Å²) in [6, 6.07) is 22.8. The van der Waals surface area contributed by atoms with Crippen LogP contribution in [0.4, 0.5) is 5.69 Å². The molecule has 6 nitrogen and oxygen atoms in total. The highest BCUT2D eigenvalue weighted by Gasteiger charge is 2.15. The molecule has 1 N–H and O–H groups in total. The molecule has 6 heteroatoms. The van der Waals surface area contributed by atoms with Gasteiger partial charge in [-0.25, -0.2) is 0 Å². The Hall–Kier alpha value is -3.67. The minimum absolute atomic E-state index is 0.218. The number of carboxylic acids is 1. The van der Waals surface area contributed by atoms with Crippen LogP contribution in [0, 0.1) is 0 Å². The van der Waals surface area contributed by atoms with Crippen molar-refractivity contribution in [2.45, 2.75) is 45.6 Å². The number of carbonyl (C=O) groups is 1. The van der Waals surface area contributed by atoms with Crippen LogP contribution in [-0.2, 0) is 11.3 Å². The Morgan fingerprint density at radius 1 is 0.943 bits per heavy atom. The van der Waals surface area contributed by atoms with Crippen LogP contribution < -0.4 is 19.1 Å². The van der Waals surface area contributed by atoms with Crippen LogP contribution >= 0.6 is 0 Å². The second-order valence-electron chi connectivity index (χ2n) is 8.70. The molecule has 35 heavy (non-hydrogen) atoms. The predicted octanol–water partition coefficient (Wildman–Crippen LogP) is 6.52. The number of aliphatic carboxylic acids is 1. The van der Waals surface area contributed by atoms with Gasteiger partial charge in [0.25, 0.3) is 0 Å². The van der Waals surface area contributed by atoms with Gasteiger partial charge in [0, 0.05) is 30.8 Å². The maximum absolute atomic E-state index is 10.7. The summed E-state index contributed by atoms with van der Waals surface area (Å²) in [5, 5.41) is 8.77. The number of benzene rings is 3. The first kappa shape index (κ1) is 24.5. The molecule has 0 radical (unpaired) electrons. The van der Waals surface area contributed by atoms with E-state index in [2.05, 4.69) is 48.2 Å². The number of rotatable bonds is 13. The monoisotopic (exact) mass is 475 g/mol. The largest absolute Gasteiger partial charge is 0.493 e. The summed E-state index contributed by atoms with van der Waals surface area (Å²) in [5.74, 6) is 1.73. The van der Waals surface area contributed by atoms with E-state index >= 15 is 0 Å². The predicted molar refractivity (Wildman–Crippen MR) is 137 cm³/mol. The Balaban J connectivity index is 1.40. The van der Waals surface area contributed by atoms with Gasteiger partial charge in [0.1, 0.15) is 5.75 Å². The zero-order chi connectivity index (χ0) is 24.5. The second-order valence-corrected chi connectivity index (χ2v) is 8.70. The second kappa shape index (κ2) is 12.2. The Bertz CT molecular complexity index is 1110. The van der Waals surface area contributed by atoms with Crippen LogP contribution in [0.3, 0.4) is 0 Å². The lowest BCUT2D eigenvalue weighted by Gasteiger charge is -2.26. The van der Waals surface area contributed by atoms with E-state index in [1.54, 1.807) is 0 Å². The summed E-state index contributed by atoms with van der Waals surface area (Å²) in [7, 11) is 0. The molecule has 3 aromatic rings. The average molecular weight is 476 g/mol. The first-order chi connectivity index (χ1) is 17.1. The van der Waals surface area contributed by atoms with Crippen molar-refractivity contribution in [1.29, 1.82) is 0 Å². The molecule has 0 bridgehead atoms. The van der Waals surface area contributed by atoms with E-state index in [0.717, 1.165) is 66.3 Å². The molecule has 0 fully saturated rings. The fourth-order valence-corrected chi connectivity index (χ4v) is 4.23. The number of nitrogens with zero attached hydrogens (tertiary/aromatic N) is 1. The van der Waals surface area contributed by atoms with Crippen molar-refractivity contribution in [1.82, 2.24) is 0 Å². The van der Waals surface area contributed by atoms with Crippen molar-refractivity contribution in [3.05, 3.63) is 72.3 Å². The molecular formula is C29H33NO5. The Morgan fingerprint density at radius 3 is 2.51 bits per heavy atom. The van der Waals surface area contributed by atoms with Crippen LogP contribution in [0.5, 0.6) is 17.2 Å². The van der Waals surface area contributed by atoms with Gasteiger partial charge in [0.2, 0.25) is 6.79 Å². The number of para-hydroxylation sites is 1. The molecule has 1 aliphatic heterocycles. The average Bonchev–Trinajstić information content (AvgIpc) is 3.35. The molecule has 0 saturated heterocycles. The Morgan fingerprint density at radius 2 is 1.71 bits per heavy atom. The van der Waals surface area contributed by atoms with Crippen molar-refractivity contribution in [3.8, 4) is 28.4 Å². The van der Waals surface area contributed by atoms with Gasteiger partial charge in [-0.05, 0) is 67.1 Å². The van der Waals surface area contributed by atoms with Crippen LogP contribution in [0.15, 0.2) is 66.7 Å². The topological polar surface area (TPSA) is 68.2 Å². The molecule has 0 saturated carbocycles. The summed E-state index contributed by atoms with van der Waals surface area (Å²) >= 11 is 0. The van der Waals surface area contributed by atoms with Gasteiger partial charge in [-0.3, -0.25) is 4.79 Å². The van der Waals surface area contributed by atoms with E-state index in [1.807, 2.05) is 30.3 Å². The van der Waals surface area contributed by atoms with Gasteiger partial charge in [0.15, 0.2) is 11.5 Å². The highest BCUT2D eigenvalue weighted by atomic mass is 16.7. The number of hydrogen-bond donors (Lipinski definition) is 1. The lowest BCUT2D eigenvalue weighted by molar-refractivity contribution is -0.137. The van der Waals surface area contributed by atoms with Crippen molar-refractivity contribution in [2.75, 3.05) is 24.8 Å². The van der Waals surface area contributed by atoms with Crippen molar-refractivity contribution in [2.24, 2.45) is 0 Å². The van der Waals surface area contributed by atoms with E-state index in [4.69, 9.17) is 19.3 Å². The quantitative estimate of drug-likeness (QED) is 0.284. The summed E-state index contributed by atoms with van der Waals surface area (Å²) in [4.78, 5) is 13.0. The number of ether oxygens (including phenoxy) is 3. The molecule has 0 unspecified atom stereocenters. The third-order valence-corrected chi connectivity index (χ3v) is 6.06. The molecule has 3 aromatic carbocycles. The fourth-order valence-electron chi connectivity index (χ4n) is 4.23. The number of fused-ring (bicyclic) bond motifs is 1. The summed E-state index contributed by atoms with van der Waals surface area (Å²) in [6.07, 6.45) is 3.65. The molecule has 1 aliphatic rings. The van der Waals surface area contributed by atoms with Crippen LogP contribution in [-0.4, -0.2) is 31.0 Å². The van der Waals surface area contributed by atoms with Crippen LogP contribution in [0.2, 0.25) is 0 Å². The van der Waals surface area contributed by atoms with Gasteiger partial charge < -0.3 is 24.2 Å². The van der Waals surface area contributed by atoms with E-state index in [0.29, 0.717) is 13.0 Å². The maximum atomic E-state index is 10.7. The van der Waals surface area contributed by atoms with Gasteiger partial charge in [-0.1, -0.05) is 43.3 Å². The highest BCUT2D eigenvalue weighted by molar-refractivity contribution is 5.69. The highest BCUT2D eigenvalue weighted by Crippen LogP contribution is 2.36. The lowest BCUT2D eigenvalue weighted by atomic mass is 10.0. The van der Waals surface area contributed by atoms with Crippen LogP contribution in [0.25, 0.3) is 11.1 Å². The first-order valence-electron chi connectivity index (χ1n) is 12.3. The normalized spacial score (nSPS) is 11.9. The number of hydrogen-bond acceptors (Lipinski definition) is 5. The third-order valence-electron chi connectivity index (χ3n) is 6.06. The number of unbranched alkanes of at least 4 members (excludes halogenated alkanes) is 2. The van der Waals surface area contributed by atoms with Gasteiger partial charge in [0.05, 0.1) is 6.61 Å². The van der Waals surface area contributed by atoms with E-state index in [9.17, 15) is 4.79 Å². The smallest absolute Gasteiger partial charge is 0.303 e. The van der Waals surface area contributed by atoms with Gasteiger partial charge in [-0.2, -0.15) is 0 Å². The zero-order valence-electron chi connectivity index (χ0n) is 20.2. The number of carboxylic acid groups (broad SMARTS) is 1. The molecule has 184 valence electrons. The Labute approximate surface area is 207 Å². The first-order valence-corrected chi connectivity index (χ1v) is 12.3. The molecular weight excluding hydrogens is 442 g/mol. The maximum Gasteiger partial charge on any atom is 0.303 e. The molecule has 0 aliphatic carbocycles. The standard InChI is InChI=1S/C29H33NO5/c1-2-17-30(20-24-8-5-6-9-26(24)33-18-7-3-4-10-29(31)32)25-14-11-22(12-15-25)23-13-16-27-28(19-23)35-21-34-27/h5-6,8-9,11-16,19H,2-4,7,10,17-18,20-21H2,1H3,(H,31,32). The molecule has 0 aromatic heterocycles. The fraction of sp³-hybridized carbons (Fsp3) is 0.345. The summed E-state index contributed by atoms with van der Waals surface area (Å²) < 4.78 is 17.0. The zero-order valence-corrected chi connectivity index (χ0v) is 20.2. The van der Waals surface area contributed by atoms with Crippen molar-refractivity contribution in [3.63, 3.8) is 0 Å². The third kappa shape index (κ3) is 6.69. The van der Waals surface area contributed by atoms with Gasteiger partial charge >= 0.3 is 5.97 Å². The van der Waals surface area contributed by atoms with E-state index < -0.39 is 5.97 Å². The van der Waals surface area contributed by atoms with E-state index in [1.165, 1.54) is 5.69 Å². The molecule has 1 heterocycles. The van der Waals surface area contributed by atoms with Gasteiger partial charge in [-0.15, -0.1) is 0 Å². The minimum atomic E-state index is -0.740. The Kier molecular flexibility index (Phi) is 8.49. The summed E-state index contributed by atoms with van der Waals surface area (Å²) in [6.45, 7) is 4.75. The van der Waals surface area contributed by atoms with E-state index in [-0.39, 0.29) is 13.2 Å². The molecule has 0 spiro atoms. The van der Waals surface area contributed by atoms with Crippen molar-refractivity contribution >= 4 is 11.7 Å². The SMILES string of the molecule is CCCN(Cc1ccccc1OCCCCCC(=O)O)c1ccc(-c2ccc3c(c2)OCO3)cc1. The molecule has 0 amide bonds. The summed E-state index contributed by atoms with van der Waals surface area (Å²) in [5.41, 5.74) is 4.55. The molecule has 4 rings (SSSR count). The molecule has 0 atom stereocenters. The lowest BCUT2D eigenvalue weighted by Crippen LogP contribution is -2.23.